The van der Waals surface area contributed by atoms with Gasteiger partial charge in [-0.1, -0.05) is 18.2 Å². The molecule has 0 atom stereocenters. The molecule has 2 heterocycles. The Kier molecular flexibility index (Phi) is 5.67. The number of methoxy groups -OCH3 is 2. The van der Waals surface area contributed by atoms with E-state index in [2.05, 4.69) is 4.98 Å². The third-order valence-corrected chi connectivity index (χ3v) is 4.87. The third-order valence-electron chi connectivity index (χ3n) is 4.87. The zero-order chi connectivity index (χ0) is 22.7. The van der Waals surface area contributed by atoms with Gasteiger partial charge in [0.15, 0.2) is 23.0 Å². The quantitative estimate of drug-likeness (QED) is 0.337. The molecule has 0 aliphatic heterocycles. The van der Waals surface area contributed by atoms with Crippen molar-refractivity contribution < 1.29 is 23.8 Å². The number of nitrogens with zero attached hydrogens (tertiary/aromatic N) is 1. The van der Waals surface area contributed by atoms with Crippen molar-refractivity contribution in [2.24, 2.45) is 0 Å². The van der Waals surface area contributed by atoms with E-state index < -0.39 is 0 Å². The van der Waals surface area contributed by atoms with E-state index in [1.807, 2.05) is 0 Å². The van der Waals surface area contributed by atoms with Gasteiger partial charge in [0.1, 0.15) is 5.69 Å². The fourth-order valence-electron chi connectivity index (χ4n) is 3.31. The molecule has 162 valence electrons. The minimum atomic E-state index is -0.347. The zero-order valence-electron chi connectivity index (χ0n) is 17.4. The first-order valence-corrected chi connectivity index (χ1v) is 9.64. The molecule has 0 saturated carbocycles. The summed E-state index contributed by atoms with van der Waals surface area (Å²) < 4.78 is 17.1. The average molecular weight is 432 g/mol. The number of ether oxygens (including phenoxy) is 2. The van der Waals surface area contributed by atoms with Crippen LogP contribution in [-0.2, 0) is 0 Å². The molecule has 8 nitrogen and oxygen atoms in total. The molecule has 0 aliphatic rings. The lowest BCUT2D eigenvalue weighted by molar-refractivity contribution is 0.104. The number of phenols is 1. The van der Waals surface area contributed by atoms with Crippen LogP contribution in [0.2, 0.25) is 0 Å². The van der Waals surface area contributed by atoms with E-state index in [-0.39, 0.29) is 28.7 Å². The number of hydrogen-bond donors (Lipinski definition) is 2. The maximum absolute atomic E-state index is 12.8. The summed E-state index contributed by atoms with van der Waals surface area (Å²) in [5.74, 6) is 0.609. The lowest BCUT2D eigenvalue weighted by atomic mass is 10.1. The minimum absolute atomic E-state index is 0.115. The maximum atomic E-state index is 12.8. The number of phenolic OH excluding ortho intramolecular Hbond substituents is 1. The van der Waals surface area contributed by atoms with Crippen molar-refractivity contribution in [3.63, 3.8) is 0 Å². The normalized spacial score (nSPS) is 11.1. The highest BCUT2D eigenvalue weighted by molar-refractivity contribution is 6.07. The number of hydrogen-bond acceptors (Lipinski definition) is 6. The van der Waals surface area contributed by atoms with Gasteiger partial charge in [0.05, 0.1) is 26.2 Å². The number of H-pyrrole nitrogens is 1. The van der Waals surface area contributed by atoms with Crippen molar-refractivity contribution in [2.75, 3.05) is 14.2 Å². The van der Waals surface area contributed by atoms with Crippen molar-refractivity contribution in [3.8, 4) is 34.4 Å². The molecule has 0 unspecified atom stereocenters. The molecule has 4 aromatic rings. The van der Waals surface area contributed by atoms with E-state index in [1.54, 1.807) is 60.8 Å². The van der Waals surface area contributed by atoms with Crippen LogP contribution < -0.4 is 15.2 Å². The minimum Gasteiger partial charge on any atom is -0.502 e. The summed E-state index contributed by atoms with van der Waals surface area (Å²) in [5, 5.41) is 10.0. The van der Waals surface area contributed by atoms with Crippen LogP contribution in [0.1, 0.15) is 15.9 Å². The number of rotatable bonds is 7. The van der Waals surface area contributed by atoms with E-state index in [0.29, 0.717) is 28.3 Å². The predicted molar refractivity (Wildman–Crippen MR) is 119 cm³/mol. The molecule has 0 fully saturated rings. The van der Waals surface area contributed by atoms with Crippen LogP contribution in [0.4, 0.5) is 0 Å². The monoisotopic (exact) mass is 432 g/mol. The first-order valence-electron chi connectivity index (χ1n) is 9.64. The van der Waals surface area contributed by atoms with Gasteiger partial charge in [-0.3, -0.25) is 9.36 Å². The number of imidazole rings is 1. The van der Waals surface area contributed by atoms with Crippen molar-refractivity contribution >= 4 is 11.9 Å². The number of aromatic amines is 1. The Balaban J connectivity index is 1.65. The molecule has 0 bridgehead atoms. The molecule has 0 spiro atoms. The zero-order valence-corrected chi connectivity index (χ0v) is 17.4. The number of aromatic nitrogens is 2. The summed E-state index contributed by atoms with van der Waals surface area (Å²) in [4.78, 5) is 27.9. The van der Waals surface area contributed by atoms with Crippen molar-refractivity contribution in [3.05, 3.63) is 88.7 Å². The molecule has 32 heavy (non-hydrogen) atoms. The molecule has 0 aliphatic carbocycles. The number of benzene rings is 2. The highest BCUT2D eigenvalue weighted by Crippen LogP contribution is 2.37. The van der Waals surface area contributed by atoms with Gasteiger partial charge in [-0.05, 0) is 48.0 Å². The Labute approximate surface area is 183 Å². The van der Waals surface area contributed by atoms with Crippen LogP contribution in [0, 0.1) is 0 Å². The molecule has 2 aromatic heterocycles. The standard InChI is InChI=1S/C24H20N2O6/c1-30-21-11-15(12-22(31-2)23(21)28)8-9-19(27)16-5-3-6-17(13-16)26-18(14-25-24(26)29)20-7-4-10-32-20/h3-14,28H,1-2H3,(H,25,29). The van der Waals surface area contributed by atoms with Gasteiger partial charge in [0.2, 0.25) is 5.75 Å². The molecular formula is C24H20N2O6. The van der Waals surface area contributed by atoms with E-state index >= 15 is 0 Å². The molecule has 2 aromatic carbocycles. The van der Waals surface area contributed by atoms with Crippen LogP contribution in [0.15, 0.2) is 76.3 Å². The number of allylic oxidation sites excluding steroid dienone is 1. The Bertz CT molecular complexity index is 1320. The summed E-state index contributed by atoms with van der Waals surface area (Å²) >= 11 is 0. The smallest absolute Gasteiger partial charge is 0.330 e. The molecule has 0 radical (unpaired) electrons. The van der Waals surface area contributed by atoms with Crippen LogP contribution in [-0.4, -0.2) is 34.7 Å². The number of ketones is 1. The van der Waals surface area contributed by atoms with Gasteiger partial charge in [-0.2, -0.15) is 0 Å². The Morgan fingerprint density at radius 3 is 2.50 bits per heavy atom. The molecule has 2 N–H and O–H groups in total. The predicted octanol–water partition coefficient (Wildman–Crippen LogP) is 4.04. The maximum Gasteiger partial charge on any atom is 0.330 e. The number of furan rings is 1. The molecule has 0 saturated heterocycles. The molecular weight excluding hydrogens is 412 g/mol. The van der Waals surface area contributed by atoms with Crippen molar-refractivity contribution in [1.82, 2.24) is 9.55 Å². The van der Waals surface area contributed by atoms with Crippen LogP contribution in [0.5, 0.6) is 17.2 Å². The summed E-state index contributed by atoms with van der Waals surface area (Å²) in [6, 6.07) is 13.4. The molecule has 0 amide bonds. The summed E-state index contributed by atoms with van der Waals surface area (Å²) in [6.45, 7) is 0. The summed E-state index contributed by atoms with van der Waals surface area (Å²) in [7, 11) is 2.86. The molecule has 4 rings (SSSR count). The fourth-order valence-corrected chi connectivity index (χ4v) is 3.31. The number of nitrogens with one attached hydrogen (secondary N) is 1. The first-order chi connectivity index (χ1) is 15.5. The first kappa shape index (κ1) is 20.8. The van der Waals surface area contributed by atoms with Gasteiger partial charge in [-0.15, -0.1) is 0 Å². The van der Waals surface area contributed by atoms with E-state index in [1.165, 1.54) is 31.1 Å². The highest BCUT2D eigenvalue weighted by atomic mass is 16.5. The number of aromatic hydroxyl groups is 1. The Hall–Kier alpha value is -4.46. The van der Waals surface area contributed by atoms with Crippen LogP contribution >= 0.6 is 0 Å². The van der Waals surface area contributed by atoms with Gasteiger partial charge in [0, 0.05) is 11.8 Å². The Morgan fingerprint density at radius 2 is 1.84 bits per heavy atom. The number of carbonyl (C=O) groups excluding carboxylic acids is 1. The topological polar surface area (TPSA) is 107 Å². The SMILES string of the molecule is COc1cc(C=CC(=O)c2cccc(-n3c(-c4ccco4)c[nH]c3=O)c2)cc(OC)c1O. The van der Waals surface area contributed by atoms with Gasteiger partial charge < -0.3 is 24.0 Å². The van der Waals surface area contributed by atoms with Crippen LogP contribution in [0.25, 0.3) is 23.2 Å². The Morgan fingerprint density at radius 1 is 1.09 bits per heavy atom. The van der Waals surface area contributed by atoms with Crippen molar-refractivity contribution in [2.45, 2.75) is 0 Å². The average Bonchev–Trinajstić information content (AvgIpc) is 3.47. The van der Waals surface area contributed by atoms with Gasteiger partial charge >= 0.3 is 5.69 Å². The summed E-state index contributed by atoms with van der Waals surface area (Å²) in [5.41, 5.74) is 1.73. The fraction of sp³-hybridized carbons (Fsp3) is 0.0833. The lowest BCUT2D eigenvalue weighted by Gasteiger charge is -2.09. The van der Waals surface area contributed by atoms with Crippen LogP contribution in [0.3, 0.4) is 0 Å². The second-order valence-corrected chi connectivity index (χ2v) is 6.81. The van der Waals surface area contributed by atoms with E-state index in [0.717, 1.165) is 0 Å². The second-order valence-electron chi connectivity index (χ2n) is 6.81. The highest BCUT2D eigenvalue weighted by Gasteiger charge is 2.14. The van der Waals surface area contributed by atoms with Crippen molar-refractivity contribution in [1.29, 1.82) is 0 Å². The second kappa shape index (κ2) is 8.73. The van der Waals surface area contributed by atoms with E-state index in [9.17, 15) is 14.7 Å². The molecule has 8 heteroatoms. The largest absolute Gasteiger partial charge is 0.502 e. The third kappa shape index (κ3) is 3.93. The van der Waals surface area contributed by atoms with Gasteiger partial charge in [0.25, 0.3) is 0 Å². The summed E-state index contributed by atoms with van der Waals surface area (Å²) in [6.07, 6.45) is 6.07. The number of carbonyl (C=O) groups is 1. The van der Waals surface area contributed by atoms with E-state index in [4.69, 9.17) is 13.9 Å². The van der Waals surface area contributed by atoms with Gasteiger partial charge in [-0.25, -0.2) is 4.79 Å². The lowest BCUT2D eigenvalue weighted by Crippen LogP contribution is -2.16.